The lowest BCUT2D eigenvalue weighted by Gasteiger charge is -2.32. The summed E-state index contributed by atoms with van der Waals surface area (Å²) in [6, 6.07) is 4.09. The summed E-state index contributed by atoms with van der Waals surface area (Å²) < 4.78 is 43.4. The lowest BCUT2D eigenvalue weighted by atomic mass is 10.1. The fourth-order valence-corrected chi connectivity index (χ4v) is 5.05. The fourth-order valence-electron chi connectivity index (χ4n) is 3.17. The number of ether oxygens (including phenoxy) is 2. The summed E-state index contributed by atoms with van der Waals surface area (Å²) in [5.74, 6) is 0.0115. The second-order valence-corrected chi connectivity index (χ2v) is 8.48. The Morgan fingerprint density at radius 1 is 1.32 bits per heavy atom. The first kappa shape index (κ1) is 20.3. The SMILES string of the molecule is COc1ccc(C(=O)OCc2nnc(C)o2)cc1S(=O)(=O)N1CCCC[C@H]1C. The van der Waals surface area contributed by atoms with Crippen molar-refractivity contribution in [2.45, 2.75) is 50.7 Å². The third kappa shape index (κ3) is 4.17. The maximum atomic E-state index is 13.2. The van der Waals surface area contributed by atoms with Crippen molar-refractivity contribution in [3.05, 3.63) is 35.5 Å². The van der Waals surface area contributed by atoms with Gasteiger partial charge in [-0.25, -0.2) is 13.2 Å². The van der Waals surface area contributed by atoms with E-state index in [4.69, 9.17) is 13.9 Å². The van der Waals surface area contributed by atoms with Crippen LogP contribution in [0.25, 0.3) is 0 Å². The molecule has 1 aliphatic rings. The van der Waals surface area contributed by atoms with Crippen LogP contribution in [0, 0.1) is 6.92 Å². The molecule has 152 valence electrons. The highest BCUT2D eigenvalue weighted by molar-refractivity contribution is 7.89. The number of sulfonamides is 1. The quantitative estimate of drug-likeness (QED) is 0.668. The molecule has 0 bridgehead atoms. The van der Waals surface area contributed by atoms with E-state index >= 15 is 0 Å². The molecule has 1 fully saturated rings. The van der Waals surface area contributed by atoms with Gasteiger partial charge >= 0.3 is 5.97 Å². The molecule has 10 heteroatoms. The number of carbonyl (C=O) groups is 1. The summed E-state index contributed by atoms with van der Waals surface area (Å²) >= 11 is 0. The van der Waals surface area contributed by atoms with Crippen molar-refractivity contribution >= 4 is 16.0 Å². The van der Waals surface area contributed by atoms with Gasteiger partial charge in [0.15, 0.2) is 6.61 Å². The van der Waals surface area contributed by atoms with Gasteiger partial charge in [0.1, 0.15) is 10.6 Å². The summed E-state index contributed by atoms with van der Waals surface area (Å²) in [7, 11) is -2.42. The molecular formula is C18H23N3O6S. The summed E-state index contributed by atoms with van der Waals surface area (Å²) in [5, 5.41) is 7.40. The molecule has 0 unspecified atom stereocenters. The largest absolute Gasteiger partial charge is 0.495 e. The van der Waals surface area contributed by atoms with E-state index in [-0.39, 0.29) is 34.7 Å². The second-order valence-electron chi connectivity index (χ2n) is 6.62. The summed E-state index contributed by atoms with van der Waals surface area (Å²) in [4.78, 5) is 12.3. The van der Waals surface area contributed by atoms with E-state index in [1.807, 2.05) is 6.92 Å². The van der Waals surface area contributed by atoms with Crippen LogP contribution in [0.1, 0.15) is 48.3 Å². The van der Waals surface area contributed by atoms with Crippen molar-refractivity contribution in [1.82, 2.24) is 14.5 Å². The topological polar surface area (TPSA) is 112 Å². The lowest BCUT2D eigenvalue weighted by molar-refractivity contribution is 0.0436. The molecule has 1 saturated heterocycles. The van der Waals surface area contributed by atoms with E-state index in [2.05, 4.69) is 10.2 Å². The third-order valence-electron chi connectivity index (χ3n) is 4.62. The Morgan fingerprint density at radius 3 is 2.75 bits per heavy atom. The molecule has 1 aromatic heterocycles. The Bertz CT molecular complexity index is 956. The summed E-state index contributed by atoms with van der Waals surface area (Å²) in [6.45, 7) is 3.75. The van der Waals surface area contributed by atoms with E-state index in [9.17, 15) is 13.2 Å². The van der Waals surface area contributed by atoms with E-state index < -0.39 is 16.0 Å². The molecule has 1 atom stereocenters. The highest BCUT2D eigenvalue weighted by Gasteiger charge is 2.33. The van der Waals surface area contributed by atoms with Gasteiger partial charge in [-0.1, -0.05) is 6.42 Å². The number of nitrogens with zero attached hydrogens (tertiary/aromatic N) is 3. The molecular weight excluding hydrogens is 386 g/mol. The van der Waals surface area contributed by atoms with Crippen LogP contribution in [-0.4, -0.2) is 48.6 Å². The van der Waals surface area contributed by atoms with Gasteiger partial charge < -0.3 is 13.9 Å². The summed E-state index contributed by atoms with van der Waals surface area (Å²) in [5.41, 5.74) is 0.0975. The van der Waals surface area contributed by atoms with Crippen LogP contribution in [0.5, 0.6) is 5.75 Å². The molecule has 0 aliphatic carbocycles. The first-order chi connectivity index (χ1) is 13.3. The molecule has 0 radical (unpaired) electrons. The van der Waals surface area contributed by atoms with Gasteiger partial charge in [-0.3, -0.25) is 0 Å². The van der Waals surface area contributed by atoms with Crippen LogP contribution in [0.2, 0.25) is 0 Å². The molecule has 1 aromatic carbocycles. The number of benzene rings is 1. The first-order valence-corrected chi connectivity index (χ1v) is 10.4. The van der Waals surface area contributed by atoms with Crippen LogP contribution in [0.15, 0.2) is 27.5 Å². The highest BCUT2D eigenvalue weighted by atomic mass is 32.2. The summed E-state index contributed by atoms with van der Waals surface area (Å²) in [6.07, 6.45) is 2.59. The van der Waals surface area contributed by atoms with Crippen molar-refractivity contribution < 1.29 is 27.1 Å². The number of aromatic nitrogens is 2. The zero-order valence-corrected chi connectivity index (χ0v) is 16.9. The Balaban J connectivity index is 1.85. The number of aryl methyl sites for hydroxylation is 1. The van der Waals surface area contributed by atoms with Crippen LogP contribution >= 0.6 is 0 Å². The molecule has 9 nitrogen and oxygen atoms in total. The van der Waals surface area contributed by atoms with Crippen LogP contribution in [0.4, 0.5) is 0 Å². The van der Waals surface area contributed by atoms with Crippen molar-refractivity contribution in [3.63, 3.8) is 0 Å². The minimum absolute atomic E-state index is 0.0492. The van der Waals surface area contributed by atoms with Crippen molar-refractivity contribution in [2.24, 2.45) is 0 Å². The zero-order chi connectivity index (χ0) is 20.3. The molecule has 2 aromatic rings. The van der Waals surface area contributed by atoms with Crippen LogP contribution < -0.4 is 4.74 Å². The number of hydrogen-bond acceptors (Lipinski definition) is 8. The molecule has 0 saturated carbocycles. The molecule has 1 aliphatic heterocycles. The zero-order valence-electron chi connectivity index (χ0n) is 16.0. The Morgan fingerprint density at radius 2 is 2.11 bits per heavy atom. The van der Waals surface area contributed by atoms with Gasteiger partial charge in [0.25, 0.3) is 5.89 Å². The first-order valence-electron chi connectivity index (χ1n) is 8.99. The van der Waals surface area contributed by atoms with E-state index in [1.165, 1.54) is 29.6 Å². The predicted octanol–water partition coefficient (Wildman–Crippen LogP) is 2.31. The number of piperidine rings is 1. The van der Waals surface area contributed by atoms with Crippen molar-refractivity contribution in [3.8, 4) is 5.75 Å². The van der Waals surface area contributed by atoms with E-state index in [0.717, 1.165) is 19.3 Å². The average molecular weight is 409 g/mol. The lowest BCUT2D eigenvalue weighted by Crippen LogP contribution is -2.42. The molecule has 3 rings (SSSR count). The normalized spacial score (nSPS) is 18.0. The van der Waals surface area contributed by atoms with Gasteiger partial charge in [0.05, 0.1) is 12.7 Å². The minimum atomic E-state index is -3.81. The highest BCUT2D eigenvalue weighted by Crippen LogP contribution is 2.31. The second kappa shape index (κ2) is 8.27. The number of carbonyl (C=O) groups excluding carboxylic acids is 1. The van der Waals surface area contributed by atoms with Gasteiger partial charge in [-0.15, -0.1) is 10.2 Å². The standard InChI is InChI=1S/C18H23N3O6S/c1-12-6-4-5-9-21(12)28(23,24)16-10-14(7-8-15(16)25-3)18(22)26-11-17-20-19-13(2)27-17/h7-8,10,12H,4-6,9,11H2,1-3H3/t12-/m1/s1. The monoisotopic (exact) mass is 409 g/mol. The number of methoxy groups -OCH3 is 1. The van der Waals surface area contributed by atoms with E-state index in [1.54, 1.807) is 6.92 Å². The molecule has 2 heterocycles. The number of esters is 1. The van der Waals surface area contributed by atoms with Crippen LogP contribution in [-0.2, 0) is 21.4 Å². The molecule has 0 spiro atoms. The number of hydrogen-bond donors (Lipinski definition) is 0. The average Bonchev–Trinajstić information content (AvgIpc) is 3.11. The maximum Gasteiger partial charge on any atom is 0.338 e. The molecule has 28 heavy (non-hydrogen) atoms. The Hall–Kier alpha value is -2.46. The molecule has 0 N–H and O–H groups in total. The Labute approximate surface area is 163 Å². The van der Waals surface area contributed by atoms with Gasteiger partial charge in [-0.2, -0.15) is 4.31 Å². The van der Waals surface area contributed by atoms with Gasteiger partial charge in [0, 0.05) is 19.5 Å². The smallest absolute Gasteiger partial charge is 0.338 e. The van der Waals surface area contributed by atoms with E-state index in [0.29, 0.717) is 12.4 Å². The third-order valence-corrected chi connectivity index (χ3v) is 6.66. The van der Waals surface area contributed by atoms with Crippen molar-refractivity contribution in [2.75, 3.05) is 13.7 Å². The Kier molecular flexibility index (Phi) is 5.99. The van der Waals surface area contributed by atoms with Crippen molar-refractivity contribution in [1.29, 1.82) is 0 Å². The fraction of sp³-hybridized carbons (Fsp3) is 0.500. The maximum absolute atomic E-state index is 13.2. The van der Waals surface area contributed by atoms with Gasteiger partial charge in [0.2, 0.25) is 15.9 Å². The predicted molar refractivity (Wildman–Crippen MR) is 98.4 cm³/mol. The number of rotatable bonds is 6. The van der Waals surface area contributed by atoms with Gasteiger partial charge in [-0.05, 0) is 38.0 Å². The van der Waals surface area contributed by atoms with Crippen LogP contribution in [0.3, 0.4) is 0 Å². The minimum Gasteiger partial charge on any atom is -0.495 e. The molecule has 0 amide bonds.